The molecule has 0 bridgehead atoms. The summed E-state index contributed by atoms with van der Waals surface area (Å²) in [5.41, 5.74) is 0. The zero-order valence-corrected chi connectivity index (χ0v) is 5.75. The molecule has 2 rings (SSSR count). The average molecular weight is 138 g/mol. The second-order valence-corrected chi connectivity index (χ2v) is 2.44. The van der Waals surface area contributed by atoms with Gasteiger partial charge in [0.2, 0.25) is 0 Å². The predicted molar refractivity (Wildman–Crippen MR) is 37.5 cm³/mol. The summed E-state index contributed by atoms with van der Waals surface area (Å²) >= 11 is 0. The van der Waals surface area contributed by atoms with Crippen LogP contribution in [0.15, 0.2) is 24.0 Å². The first-order valence-corrected chi connectivity index (χ1v) is 3.58. The summed E-state index contributed by atoms with van der Waals surface area (Å²) in [5.74, 6) is 0.994. The van der Waals surface area contributed by atoms with Gasteiger partial charge in [-0.15, -0.1) is 0 Å². The molecule has 0 aromatic carbocycles. The molecule has 1 atom stereocenters. The van der Waals surface area contributed by atoms with Gasteiger partial charge in [0, 0.05) is 0 Å². The molecule has 1 fully saturated rings. The summed E-state index contributed by atoms with van der Waals surface area (Å²) in [6, 6.07) is 0. The molecule has 2 heteroatoms. The van der Waals surface area contributed by atoms with Gasteiger partial charge >= 0.3 is 0 Å². The minimum atomic E-state index is 0.207. The van der Waals surface area contributed by atoms with Crippen LogP contribution in [0.25, 0.3) is 0 Å². The van der Waals surface area contributed by atoms with E-state index in [4.69, 9.17) is 9.47 Å². The minimum Gasteiger partial charge on any atom is -0.493 e. The van der Waals surface area contributed by atoms with Gasteiger partial charge in [-0.25, -0.2) is 0 Å². The van der Waals surface area contributed by atoms with E-state index in [2.05, 4.69) is 6.08 Å². The summed E-state index contributed by atoms with van der Waals surface area (Å²) in [7, 11) is 0. The maximum atomic E-state index is 5.44. The number of hydrogen-bond acceptors (Lipinski definition) is 2. The second kappa shape index (κ2) is 2.46. The van der Waals surface area contributed by atoms with E-state index in [9.17, 15) is 0 Å². The van der Waals surface area contributed by atoms with Crippen LogP contribution in [0.5, 0.6) is 0 Å². The number of ether oxygens (including phenoxy) is 2. The summed E-state index contributed by atoms with van der Waals surface area (Å²) in [6.45, 7) is 1.44. The fraction of sp³-hybridized carbons (Fsp3) is 0.500. The molecule has 0 saturated carbocycles. The maximum Gasteiger partial charge on any atom is 0.125 e. The van der Waals surface area contributed by atoms with Crippen molar-refractivity contribution in [2.24, 2.45) is 0 Å². The highest BCUT2D eigenvalue weighted by atomic mass is 16.6. The Balaban J connectivity index is 2.14. The SMILES string of the molecule is C1=CCC2OCCOC2=C1. The Bertz CT molecular complexity index is 182. The van der Waals surface area contributed by atoms with E-state index >= 15 is 0 Å². The van der Waals surface area contributed by atoms with E-state index in [0.29, 0.717) is 6.61 Å². The molecule has 10 heavy (non-hydrogen) atoms. The lowest BCUT2D eigenvalue weighted by atomic mass is 10.1. The monoisotopic (exact) mass is 138 g/mol. The van der Waals surface area contributed by atoms with Gasteiger partial charge in [-0.3, -0.25) is 0 Å². The van der Waals surface area contributed by atoms with E-state index < -0.39 is 0 Å². The Kier molecular flexibility index (Phi) is 1.47. The molecule has 0 radical (unpaired) electrons. The van der Waals surface area contributed by atoms with Crippen molar-refractivity contribution in [3.8, 4) is 0 Å². The lowest BCUT2D eigenvalue weighted by Gasteiger charge is -2.26. The largest absolute Gasteiger partial charge is 0.493 e. The molecule has 54 valence electrons. The highest BCUT2D eigenvalue weighted by Crippen LogP contribution is 2.20. The summed E-state index contributed by atoms with van der Waals surface area (Å²) in [4.78, 5) is 0. The van der Waals surface area contributed by atoms with Gasteiger partial charge < -0.3 is 9.47 Å². The van der Waals surface area contributed by atoms with E-state index in [1.165, 1.54) is 0 Å². The Morgan fingerprint density at radius 1 is 1.40 bits per heavy atom. The molecule has 0 aromatic rings. The van der Waals surface area contributed by atoms with Crippen LogP contribution in [0, 0.1) is 0 Å². The molecule has 1 unspecified atom stereocenters. The number of fused-ring (bicyclic) bond motifs is 1. The molecule has 1 saturated heterocycles. The molecule has 1 aliphatic carbocycles. The molecular formula is C8H10O2. The molecule has 0 spiro atoms. The first-order valence-electron chi connectivity index (χ1n) is 3.58. The van der Waals surface area contributed by atoms with Crippen LogP contribution < -0.4 is 0 Å². The molecule has 2 nitrogen and oxygen atoms in total. The fourth-order valence-corrected chi connectivity index (χ4v) is 1.23. The average Bonchev–Trinajstić information content (AvgIpc) is 2.05. The van der Waals surface area contributed by atoms with Gasteiger partial charge in [0.25, 0.3) is 0 Å². The molecular weight excluding hydrogens is 128 g/mol. The standard InChI is InChI=1S/C8H10O2/c1-2-4-8-7(3-1)9-5-6-10-8/h1-3,8H,4-6H2. The van der Waals surface area contributed by atoms with Crippen molar-refractivity contribution >= 4 is 0 Å². The van der Waals surface area contributed by atoms with Crippen LogP contribution in [0.2, 0.25) is 0 Å². The highest BCUT2D eigenvalue weighted by Gasteiger charge is 2.20. The van der Waals surface area contributed by atoms with E-state index in [1.54, 1.807) is 0 Å². The van der Waals surface area contributed by atoms with Crippen LogP contribution in [0.1, 0.15) is 6.42 Å². The van der Waals surface area contributed by atoms with E-state index in [-0.39, 0.29) is 6.10 Å². The quantitative estimate of drug-likeness (QED) is 0.501. The Morgan fingerprint density at radius 2 is 2.40 bits per heavy atom. The van der Waals surface area contributed by atoms with Crippen molar-refractivity contribution in [2.45, 2.75) is 12.5 Å². The zero-order chi connectivity index (χ0) is 6.81. The Labute approximate surface area is 60.1 Å². The lowest BCUT2D eigenvalue weighted by molar-refractivity contribution is -0.0414. The van der Waals surface area contributed by atoms with E-state index in [0.717, 1.165) is 18.8 Å². The molecule has 0 N–H and O–H groups in total. The summed E-state index contributed by atoms with van der Waals surface area (Å²) in [6.07, 6.45) is 7.27. The molecule has 0 amide bonds. The zero-order valence-electron chi connectivity index (χ0n) is 5.75. The summed E-state index contributed by atoms with van der Waals surface area (Å²) < 4.78 is 10.8. The first kappa shape index (κ1) is 5.98. The number of allylic oxidation sites excluding steroid dienone is 2. The third-order valence-electron chi connectivity index (χ3n) is 1.74. The lowest BCUT2D eigenvalue weighted by Crippen LogP contribution is -2.27. The van der Waals surface area contributed by atoms with Crippen LogP contribution in [0.4, 0.5) is 0 Å². The van der Waals surface area contributed by atoms with Gasteiger partial charge in [-0.2, -0.15) is 0 Å². The maximum absolute atomic E-state index is 5.44. The van der Waals surface area contributed by atoms with E-state index in [1.807, 2.05) is 12.2 Å². The van der Waals surface area contributed by atoms with Crippen molar-refractivity contribution in [1.82, 2.24) is 0 Å². The van der Waals surface area contributed by atoms with Crippen molar-refractivity contribution in [3.05, 3.63) is 24.0 Å². The van der Waals surface area contributed by atoms with Gasteiger partial charge in [-0.05, 0) is 12.5 Å². The van der Waals surface area contributed by atoms with Crippen LogP contribution in [-0.2, 0) is 9.47 Å². The van der Waals surface area contributed by atoms with Crippen molar-refractivity contribution in [3.63, 3.8) is 0 Å². The van der Waals surface area contributed by atoms with Crippen LogP contribution in [0.3, 0.4) is 0 Å². The third-order valence-corrected chi connectivity index (χ3v) is 1.74. The van der Waals surface area contributed by atoms with Gasteiger partial charge in [0.05, 0.1) is 6.61 Å². The van der Waals surface area contributed by atoms with Gasteiger partial charge in [0.15, 0.2) is 0 Å². The van der Waals surface area contributed by atoms with Crippen LogP contribution in [-0.4, -0.2) is 19.3 Å². The Hall–Kier alpha value is -0.760. The van der Waals surface area contributed by atoms with Crippen molar-refractivity contribution in [1.29, 1.82) is 0 Å². The first-order chi connectivity index (χ1) is 4.97. The minimum absolute atomic E-state index is 0.207. The Morgan fingerprint density at radius 3 is 3.30 bits per heavy atom. The molecule has 1 aliphatic heterocycles. The normalized spacial score (nSPS) is 30.4. The van der Waals surface area contributed by atoms with Crippen molar-refractivity contribution < 1.29 is 9.47 Å². The topological polar surface area (TPSA) is 18.5 Å². The second-order valence-electron chi connectivity index (χ2n) is 2.44. The third kappa shape index (κ3) is 0.948. The predicted octanol–water partition coefficient (Wildman–Crippen LogP) is 1.25. The fourth-order valence-electron chi connectivity index (χ4n) is 1.23. The molecule has 1 heterocycles. The van der Waals surface area contributed by atoms with Gasteiger partial charge in [0.1, 0.15) is 18.5 Å². The smallest absolute Gasteiger partial charge is 0.125 e. The number of rotatable bonds is 0. The van der Waals surface area contributed by atoms with Crippen molar-refractivity contribution in [2.75, 3.05) is 13.2 Å². The number of hydrogen-bond donors (Lipinski definition) is 0. The van der Waals surface area contributed by atoms with Crippen LogP contribution >= 0.6 is 0 Å². The van der Waals surface area contributed by atoms with Gasteiger partial charge in [-0.1, -0.05) is 12.2 Å². The highest BCUT2D eigenvalue weighted by molar-refractivity contribution is 5.18. The summed E-state index contributed by atoms with van der Waals surface area (Å²) in [5, 5.41) is 0. The molecule has 0 aromatic heterocycles. The molecule has 2 aliphatic rings.